The second-order valence-electron chi connectivity index (χ2n) is 6.17. The molecule has 3 rings (SSSR count). The second kappa shape index (κ2) is 9.75. The first-order valence-electron chi connectivity index (χ1n) is 9.21. The molecule has 0 fully saturated rings. The van der Waals surface area contributed by atoms with Crippen molar-refractivity contribution in [1.82, 2.24) is 4.98 Å². The third-order valence-corrected chi connectivity index (χ3v) is 4.68. The Kier molecular flexibility index (Phi) is 6.87. The number of hydrogen-bond donors (Lipinski definition) is 3. The zero-order valence-corrected chi connectivity index (χ0v) is 17.6. The molecule has 0 bridgehead atoms. The summed E-state index contributed by atoms with van der Waals surface area (Å²) in [5.41, 5.74) is 2.09. The van der Waals surface area contributed by atoms with Gasteiger partial charge in [0.05, 0.1) is 19.4 Å². The number of nitrogens with one attached hydrogen (secondary N) is 3. The number of methoxy groups -OCH3 is 1. The van der Waals surface area contributed by atoms with Crippen molar-refractivity contribution in [1.29, 1.82) is 0 Å². The van der Waals surface area contributed by atoms with E-state index in [1.54, 1.807) is 23.6 Å². The quantitative estimate of drug-likeness (QED) is 0.490. The molecule has 1 aromatic heterocycles. The number of thiazole rings is 1. The molecule has 3 aromatic rings. The first-order valence-corrected chi connectivity index (χ1v) is 10.1. The molecule has 0 unspecified atom stereocenters. The maximum absolute atomic E-state index is 12.6. The lowest BCUT2D eigenvalue weighted by atomic mass is 10.2. The molecular formula is C21H22N4O4S. The molecule has 0 spiro atoms. The summed E-state index contributed by atoms with van der Waals surface area (Å²) < 4.78 is 10.7. The van der Waals surface area contributed by atoms with E-state index in [9.17, 15) is 9.59 Å². The van der Waals surface area contributed by atoms with Crippen LogP contribution in [0.15, 0.2) is 47.8 Å². The van der Waals surface area contributed by atoms with Crippen molar-refractivity contribution < 1.29 is 19.1 Å². The standard InChI is InChI=1S/C21H22N4O4S/c1-4-29-16-8-5-14(6-9-16)23-21-25-18(12-30-21)20(27)24-17-11-15(22-13(2)26)7-10-19(17)28-3/h5-12H,4H2,1-3H3,(H,22,26)(H,23,25)(H,24,27). The van der Waals surface area contributed by atoms with Crippen LogP contribution in [0.2, 0.25) is 0 Å². The average molecular weight is 426 g/mol. The third kappa shape index (κ3) is 5.48. The number of nitrogens with zero attached hydrogens (tertiary/aromatic N) is 1. The van der Waals surface area contributed by atoms with Crippen molar-refractivity contribution in [2.24, 2.45) is 0 Å². The smallest absolute Gasteiger partial charge is 0.275 e. The molecule has 0 radical (unpaired) electrons. The molecular weight excluding hydrogens is 404 g/mol. The summed E-state index contributed by atoms with van der Waals surface area (Å²) in [5, 5.41) is 10.9. The summed E-state index contributed by atoms with van der Waals surface area (Å²) in [4.78, 5) is 28.3. The zero-order valence-electron chi connectivity index (χ0n) is 16.8. The molecule has 30 heavy (non-hydrogen) atoms. The van der Waals surface area contributed by atoms with Crippen LogP contribution in [-0.2, 0) is 4.79 Å². The first kappa shape index (κ1) is 21.1. The predicted octanol–water partition coefficient (Wildman–Crippen LogP) is 4.50. The van der Waals surface area contributed by atoms with Gasteiger partial charge in [-0.15, -0.1) is 11.3 Å². The van der Waals surface area contributed by atoms with Crippen molar-refractivity contribution in [3.63, 3.8) is 0 Å². The minimum atomic E-state index is -0.385. The van der Waals surface area contributed by atoms with Crippen LogP contribution in [-0.4, -0.2) is 30.5 Å². The van der Waals surface area contributed by atoms with Crippen molar-refractivity contribution in [3.05, 3.63) is 53.5 Å². The van der Waals surface area contributed by atoms with Gasteiger partial charge in [0, 0.05) is 23.7 Å². The molecule has 0 atom stereocenters. The van der Waals surface area contributed by atoms with E-state index in [-0.39, 0.29) is 17.5 Å². The Balaban J connectivity index is 1.69. The largest absolute Gasteiger partial charge is 0.495 e. The number of ether oxygens (including phenoxy) is 2. The van der Waals surface area contributed by atoms with Crippen molar-refractivity contribution in [2.75, 3.05) is 29.7 Å². The van der Waals surface area contributed by atoms with Crippen LogP contribution in [0.3, 0.4) is 0 Å². The second-order valence-corrected chi connectivity index (χ2v) is 7.03. The molecule has 0 aliphatic carbocycles. The highest BCUT2D eigenvalue weighted by molar-refractivity contribution is 7.14. The normalized spacial score (nSPS) is 10.2. The summed E-state index contributed by atoms with van der Waals surface area (Å²) in [7, 11) is 1.50. The fraction of sp³-hybridized carbons (Fsp3) is 0.190. The van der Waals surface area contributed by atoms with Gasteiger partial charge in [-0.2, -0.15) is 0 Å². The maximum atomic E-state index is 12.6. The summed E-state index contributed by atoms with van der Waals surface area (Å²) in [6.07, 6.45) is 0. The highest BCUT2D eigenvalue weighted by Crippen LogP contribution is 2.29. The fourth-order valence-corrected chi connectivity index (χ4v) is 3.34. The molecule has 0 aliphatic heterocycles. The van der Waals surface area contributed by atoms with E-state index in [1.807, 2.05) is 31.2 Å². The van der Waals surface area contributed by atoms with E-state index in [1.165, 1.54) is 25.4 Å². The maximum Gasteiger partial charge on any atom is 0.275 e. The van der Waals surface area contributed by atoms with E-state index in [2.05, 4.69) is 20.9 Å². The van der Waals surface area contributed by atoms with Gasteiger partial charge in [-0.1, -0.05) is 0 Å². The molecule has 0 saturated heterocycles. The van der Waals surface area contributed by atoms with Gasteiger partial charge in [0.25, 0.3) is 5.91 Å². The number of carbonyl (C=O) groups is 2. The van der Waals surface area contributed by atoms with Gasteiger partial charge in [-0.3, -0.25) is 9.59 Å². The van der Waals surface area contributed by atoms with E-state index in [4.69, 9.17) is 9.47 Å². The highest BCUT2D eigenvalue weighted by Gasteiger charge is 2.14. The molecule has 0 saturated carbocycles. The number of rotatable bonds is 8. The van der Waals surface area contributed by atoms with Gasteiger partial charge in [0.15, 0.2) is 5.13 Å². The third-order valence-electron chi connectivity index (χ3n) is 3.92. The lowest BCUT2D eigenvalue weighted by Gasteiger charge is -2.11. The van der Waals surface area contributed by atoms with Crippen LogP contribution in [0.1, 0.15) is 24.3 Å². The first-order chi connectivity index (χ1) is 14.5. The number of anilines is 4. The number of benzene rings is 2. The molecule has 3 N–H and O–H groups in total. The van der Waals surface area contributed by atoms with E-state index < -0.39 is 0 Å². The minimum absolute atomic E-state index is 0.207. The van der Waals surface area contributed by atoms with Crippen LogP contribution in [0.5, 0.6) is 11.5 Å². The minimum Gasteiger partial charge on any atom is -0.495 e. The number of carbonyl (C=O) groups excluding carboxylic acids is 2. The monoisotopic (exact) mass is 426 g/mol. The molecule has 1 heterocycles. The summed E-state index contributed by atoms with van der Waals surface area (Å²) in [6, 6.07) is 12.5. The number of hydrogen-bond acceptors (Lipinski definition) is 7. The van der Waals surface area contributed by atoms with Crippen LogP contribution >= 0.6 is 11.3 Å². The van der Waals surface area contributed by atoms with Crippen LogP contribution in [0.25, 0.3) is 0 Å². The van der Waals surface area contributed by atoms with E-state index in [0.29, 0.717) is 28.9 Å². The van der Waals surface area contributed by atoms with Crippen LogP contribution < -0.4 is 25.4 Å². The zero-order chi connectivity index (χ0) is 21.5. The van der Waals surface area contributed by atoms with Gasteiger partial charge in [-0.05, 0) is 49.4 Å². The van der Waals surface area contributed by atoms with E-state index in [0.717, 1.165) is 11.4 Å². The summed E-state index contributed by atoms with van der Waals surface area (Å²) >= 11 is 1.32. The molecule has 156 valence electrons. The van der Waals surface area contributed by atoms with Crippen molar-refractivity contribution in [3.8, 4) is 11.5 Å². The molecule has 0 aliphatic rings. The Hall–Kier alpha value is -3.59. The van der Waals surface area contributed by atoms with Gasteiger partial charge in [0.1, 0.15) is 17.2 Å². The molecule has 2 aromatic carbocycles. The topological polar surface area (TPSA) is 102 Å². The van der Waals surface area contributed by atoms with E-state index >= 15 is 0 Å². The molecule has 9 heteroatoms. The lowest BCUT2D eigenvalue weighted by Crippen LogP contribution is -2.14. The van der Waals surface area contributed by atoms with Crippen molar-refractivity contribution in [2.45, 2.75) is 13.8 Å². The Morgan fingerprint density at radius 2 is 1.80 bits per heavy atom. The molecule has 2 amide bonds. The summed E-state index contributed by atoms with van der Waals surface area (Å²) in [6.45, 7) is 3.95. The number of amides is 2. The van der Waals surface area contributed by atoms with Crippen LogP contribution in [0, 0.1) is 0 Å². The lowest BCUT2D eigenvalue weighted by molar-refractivity contribution is -0.114. The van der Waals surface area contributed by atoms with Crippen molar-refractivity contribution >= 4 is 45.3 Å². The Morgan fingerprint density at radius 1 is 1.07 bits per heavy atom. The van der Waals surface area contributed by atoms with Gasteiger partial charge in [0.2, 0.25) is 5.91 Å². The average Bonchev–Trinajstić information content (AvgIpc) is 3.18. The van der Waals surface area contributed by atoms with Gasteiger partial charge < -0.3 is 25.4 Å². The van der Waals surface area contributed by atoms with Gasteiger partial charge >= 0.3 is 0 Å². The number of aromatic nitrogens is 1. The summed E-state index contributed by atoms with van der Waals surface area (Å²) in [5.74, 6) is 0.671. The Bertz CT molecular complexity index is 1030. The highest BCUT2D eigenvalue weighted by atomic mass is 32.1. The molecule has 8 nitrogen and oxygen atoms in total. The SMILES string of the molecule is CCOc1ccc(Nc2nc(C(=O)Nc3cc(NC(C)=O)ccc3OC)cs2)cc1. The Labute approximate surface area is 178 Å². The van der Waals surface area contributed by atoms with Crippen LogP contribution in [0.4, 0.5) is 22.2 Å². The van der Waals surface area contributed by atoms with Gasteiger partial charge in [-0.25, -0.2) is 4.98 Å². The predicted molar refractivity (Wildman–Crippen MR) is 118 cm³/mol. The fourth-order valence-electron chi connectivity index (χ4n) is 2.63. The Morgan fingerprint density at radius 3 is 2.47 bits per heavy atom.